The van der Waals surface area contributed by atoms with Gasteiger partial charge in [-0.05, 0) is 28.1 Å². The van der Waals surface area contributed by atoms with Gasteiger partial charge >= 0.3 is 5.97 Å². The van der Waals surface area contributed by atoms with Gasteiger partial charge in [-0.15, -0.1) is 0 Å². The van der Waals surface area contributed by atoms with Crippen LogP contribution in [0.2, 0.25) is 0 Å². The molecule has 102 valence electrons. The fraction of sp³-hybridized carbons (Fsp3) is 0.385. The molecule has 1 fully saturated rings. The van der Waals surface area contributed by atoms with Gasteiger partial charge in [-0.1, -0.05) is 12.1 Å². The van der Waals surface area contributed by atoms with Crippen LogP contribution < -0.4 is 10.2 Å². The van der Waals surface area contributed by atoms with Crippen molar-refractivity contribution < 1.29 is 14.3 Å². The first-order valence-electron chi connectivity index (χ1n) is 5.99. The molecule has 1 N–H and O–H groups in total. The third kappa shape index (κ3) is 3.13. The number of nitrogens with one attached hydrogen (secondary N) is 1. The van der Waals surface area contributed by atoms with Crippen LogP contribution in [0.15, 0.2) is 28.7 Å². The Hall–Kier alpha value is -1.40. The highest BCUT2D eigenvalue weighted by Crippen LogP contribution is 2.27. The molecule has 6 heteroatoms. The highest BCUT2D eigenvalue weighted by molar-refractivity contribution is 9.10. The molecule has 5 nitrogen and oxygen atoms in total. The van der Waals surface area contributed by atoms with Crippen LogP contribution in [-0.4, -0.2) is 38.1 Å². The van der Waals surface area contributed by atoms with E-state index in [1.54, 1.807) is 4.90 Å². The van der Waals surface area contributed by atoms with Crippen LogP contribution in [0.3, 0.4) is 0 Å². The summed E-state index contributed by atoms with van der Waals surface area (Å²) >= 11 is 3.44. The number of nitrogens with zero attached hydrogens (tertiary/aromatic N) is 1. The third-order valence-corrected chi connectivity index (χ3v) is 3.70. The van der Waals surface area contributed by atoms with E-state index in [2.05, 4.69) is 26.0 Å². The number of hydrogen-bond donors (Lipinski definition) is 1. The van der Waals surface area contributed by atoms with E-state index in [9.17, 15) is 9.59 Å². The summed E-state index contributed by atoms with van der Waals surface area (Å²) in [4.78, 5) is 25.3. The molecule has 0 aliphatic carbocycles. The zero-order chi connectivity index (χ0) is 13.8. The molecule has 0 radical (unpaired) electrons. The summed E-state index contributed by atoms with van der Waals surface area (Å²) in [6.07, 6.45) is 0.0519. The Morgan fingerprint density at radius 1 is 1.53 bits per heavy atom. The van der Waals surface area contributed by atoms with Gasteiger partial charge in [0.05, 0.1) is 25.3 Å². The van der Waals surface area contributed by atoms with E-state index >= 15 is 0 Å². The number of hydrogen-bond acceptors (Lipinski definition) is 4. The number of carbonyl (C=O) groups excluding carboxylic acids is 2. The zero-order valence-corrected chi connectivity index (χ0v) is 12.1. The molecule has 1 aliphatic heterocycles. The zero-order valence-electron chi connectivity index (χ0n) is 10.6. The number of halogens is 1. The van der Waals surface area contributed by atoms with Gasteiger partial charge in [-0.25, -0.2) is 0 Å². The minimum atomic E-state index is -0.520. The molecule has 1 saturated heterocycles. The molecule has 19 heavy (non-hydrogen) atoms. The Kier molecular flexibility index (Phi) is 4.55. The number of piperazine rings is 1. The average Bonchev–Trinajstić information content (AvgIpc) is 2.42. The summed E-state index contributed by atoms with van der Waals surface area (Å²) in [5.41, 5.74) is 0.823. The van der Waals surface area contributed by atoms with Gasteiger partial charge in [0, 0.05) is 17.6 Å². The SMILES string of the molecule is COC(=O)CC1NCCN(c2ccccc2Br)C1=O. The molecule has 1 unspecified atom stereocenters. The summed E-state index contributed by atoms with van der Waals surface area (Å²) in [6.45, 7) is 1.23. The summed E-state index contributed by atoms with van der Waals surface area (Å²) in [5, 5.41) is 3.05. The number of para-hydroxylation sites is 1. The molecular weight excluding hydrogens is 312 g/mol. The van der Waals surface area contributed by atoms with Crippen molar-refractivity contribution in [3.8, 4) is 0 Å². The van der Waals surface area contributed by atoms with Gasteiger partial charge in [0.15, 0.2) is 0 Å². The normalized spacial score (nSPS) is 19.4. The van der Waals surface area contributed by atoms with E-state index in [1.807, 2.05) is 24.3 Å². The topological polar surface area (TPSA) is 58.6 Å². The van der Waals surface area contributed by atoms with Crippen molar-refractivity contribution >= 4 is 33.5 Å². The van der Waals surface area contributed by atoms with E-state index in [0.29, 0.717) is 13.1 Å². The molecule has 1 aromatic rings. The minimum Gasteiger partial charge on any atom is -0.469 e. The summed E-state index contributed by atoms with van der Waals surface area (Å²) in [6, 6.07) is 7.02. The van der Waals surface area contributed by atoms with Gasteiger partial charge in [-0.3, -0.25) is 9.59 Å². The third-order valence-electron chi connectivity index (χ3n) is 3.03. The largest absolute Gasteiger partial charge is 0.469 e. The lowest BCUT2D eigenvalue weighted by atomic mass is 10.1. The van der Waals surface area contributed by atoms with Crippen LogP contribution in [0, 0.1) is 0 Å². The van der Waals surface area contributed by atoms with E-state index in [1.165, 1.54) is 7.11 Å². The Morgan fingerprint density at radius 3 is 2.95 bits per heavy atom. The Morgan fingerprint density at radius 2 is 2.26 bits per heavy atom. The monoisotopic (exact) mass is 326 g/mol. The van der Waals surface area contributed by atoms with E-state index in [0.717, 1.165) is 10.2 Å². The summed E-state index contributed by atoms with van der Waals surface area (Å²) in [7, 11) is 1.32. The lowest BCUT2D eigenvalue weighted by Gasteiger charge is -2.33. The molecule has 1 aromatic carbocycles. The lowest BCUT2D eigenvalue weighted by molar-refractivity contribution is -0.143. The summed E-state index contributed by atoms with van der Waals surface area (Å²) in [5.74, 6) is -0.497. The van der Waals surface area contributed by atoms with Crippen LogP contribution in [0.4, 0.5) is 5.69 Å². The first kappa shape index (κ1) is 14.0. The number of esters is 1. The fourth-order valence-electron chi connectivity index (χ4n) is 2.06. The van der Waals surface area contributed by atoms with Crippen LogP contribution in [0.5, 0.6) is 0 Å². The van der Waals surface area contributed by atoms with Crippen molar-refractivity contribution in [3.63, 3.8) is 0 Å². The van der Waals surface area contributed by atoms with E-state index in [-0.39, 0.29) is 18.3 Å². The van der Waals surface area contributed by atoms with E-state index < -0.39 is 6.04 Å². The second-order valence-corrected chi connectivity index (χ2v) is 5.08. The Labute approximate surface area is 120 Å². The van der Waals surface area contributed by atoms with Crippen molar-refractivity contribution in [1.82, 2.24) is 5.32 Å². The van der Waals surface area contributed by atoms with Crippen LogP contribution >= 0.6 is 15.9 Å². The van der Waals surface area contributed by atoms with Crippen molar-refractivity contribution in [2.45, 2.75) is 12.5 Å². The molecule has 1 aliphatic rings. The maximum absolute atomic E-state index is 12.4. The molecule has 2 rings (SSSR count). The minimum absolute atomic E-state index is 0.0519. The van der Waals surface area contributed by atoms with Crippen LogP contribution in [0.25, 0.3) is 0 Å². The second-order valence-electron chi connectivity index (χ2n) is 4.23. The highest BCUT2D eigenvalue weighted by atomic mass is 79.9. The van der Waals surface area contributed by atoms with Gasteiger partial charge in [0.2, 0.25) is 5.91 Å². The number of ether oxygens (including phenoxy) is 1. The predicted octanol–water partition coefficient (Wildman–Crippen LogP) is 1.32. The molecule has 1 heterocycles. The number of carbonyl (C=O) groups is 2. The predicted molar refractivity (Wildman–Crippen MR) is 74.9 cm³/mol. The quantitative estimate of drug-likeness (QED) is 0.851. The van der Waals surface area contributed by atoms with Crippen molar-refractivity contribution in [1.29, 1.82) is 0 Å². The van der Waals surface area contributed by atoms with Crippen LogP contribution in [-0.2, 0) is 14.3 Å². The first-order chi connectivity index (χ1) is 9.13. The molecule has 0 saturated carbocycles. The molecule has 1 amide bonds. The standard InChI is InChI=1S/C13H15BrN2O3/c1-19-12(17)8-10-13(18)16(7-6-15-10)11-5-3-2-4-9(11)14/h2-5,10,15H,6-8H2,1H3. The average molecular weight is 327 g/mol. The molecule has 0 aromatic heterocycles. The van der Waals surface area contributed by atoms with Gasteiger partial charge in [-0.2, -0.15) is 0 Å². The Bertz CT molecular complexity index is 493. The van der Waals surface area contributed by atoms with Gasteiger partial charge in [0.1, 0.15) is 0 Å². The molecular formula is C13H15BrN2O3. The maximum Gasteiger partial charge on any atom is 0.307 e. The lowest BCUT2D eigenvalue weighted by Crippen LogP contribution is -2.56. The first-order valence-corrected chi connectivity index (χ1v) is 6.79. The molecule has 0 bridgehead atoms. The fourth-order valence-corrected chi connectivity index (χ4v) is 2.55. The smallest absolute Gasteiger partial charge is 0.307 e. The van der Waals surface area contributed by atoms with Crippen molar-refractivity contribution in [3.05, 3.63) is 28.7 Å². The number of methoxy groups -OCH3 is 1. The molecule has 1 atom stereocenters. The molecule has 0 spiro atoms. The van der Waals surface area contributed by atoms with Crippen molar-refractivity contribution in [2.24, 2.45) is 0 Å². The maximum atomic E-state index is 12.4. The number of anilines is 1. The number of amides is 1. The number of benzene rings is 1. The van der Waals surface area contributed by atoms with Gasteiger partial charge < -0.3 is 15.0 Å². The Balaban J connectivity index is 2.17. The van der Waals surface area contributed by atoms with E-state index in [4.69, 9.17) is 0 Å². The van der Waals surface area contributed by atoms with Crippen molar-refractivity contribution in [2.75, 3.05) is 25.1 Å². The highest BCUT2D eigenvalue weighted by Gasteiger charge is 2.31. The number of rotatable bonds is 3. The second kappa shape index (κ2) is 6.16. The summed E-state index contributed by atoms with van der Waals surface area (Å²) < 4.78 is 5.47. The van der Waals surface area contributed by atoms with Crippen LogP contribution in [0.1, 0.15) is 6.42 Å². The van der Waals surface area contributed by atoms with Gasteiger partial charge in [0.25, 0.3) is 0 Å².